The average Bonchev–Trinajstić information content (AvgIpc) is 3.17. The molecule has 152 valence electrons. The number of fused-ring (bicyclic) bond motifs is 1. The van der Waals surface area contributed by atoms with E-state index in [1.807, 2.05) is 29.2 Å². The number of anilines is 1. The number of sulfone groups is 1. The van der Waals surface area contributed by atoms with Gasteiger partial charge in [-0.25, -0.2) is 8.42 Å². The number of hydrogen-bond acceptors (Lipinski definition) is 6. The third-order valence-electron chi connectivity index (χ3n) is 5.32. The van der Waals surface area contributed by atoms with Crippen molar-refractivity contribution in [2.75, 3.05) is 22.2 Å². The Morgan fingerprint density at radius 1 is 1.14 bits per heavy atom. The van der Waals surface area contributed by atoms with Crippen molar-refractivity contribution in [3.05, 3.63) is 65.7 Å². The standard InChI is InChI=1S/C22H24N2O3S2/c1-16(25)18-10-5-11-19(13-18)24-21-15-29(26,27)14-20(21)23-22(24)28-12-6-9-17-7-3-2-4-8-17/h2-5,7-8,10-11,13,20-21H,6,9,12,14-15H2,1H3. The molecular weight excluding hydrogens is 404 g/mol. The van der Waals surface area contributed by atoms with E-state index >= 15 is 0 Å². The number of thioether (sulfide) groups is 1. The Balaban J connectivity index is 1.51. The SMILES string of the molecule is CC(=O)c1cccc(N2C(SCCCc3ccccc3)=NC3CS(=O)(=O)CC32)c1. The van der Waals surface area contributed by atoms with Crippen LogP contribution < -0.4 is 4.90 Å². The summed E-state index contributed by atoms with van der Waals surface area (Å²) < 4.78 is 24.3. The first-order valence-corrected chi connectivity index (χ1v) is 12.6. The number of ketones is 1. The molecule has 4 rings (SSSR count). The van der Waals surface area contributed by atoms with Crippen LogP contribution in [-0.2, 0) is 16.3 Å². The fraction of sp³-hybridized carbons (Fsp3) is 0.364. The summed E-state index contributed by atoms with van der Waals surface area (Å²) in [6, 6.07) is 17.4. The van der Waals surface area contributed by atoms with Crippen LogP contribution in [-0.4, -0.2) is 48.7 Å². The number of benzene rings is 2. The van der Waals surface area contributed by atoms with Gasteiger partial charge >= 0.3 is 0 Å². The minimum atomic E-state index is -3.08. The van der Waals surface area contributed by atoms with Crippen LogP contribution in [0.5, 0.6) is 0 Å². The number of carbonyl (C=O) groups is 1. The number of nitrogens with zero attached hydrogens (tertiary/aromatic N) is 2. The van der Waals surface area contributed by atoms with Gasteiger partial charge in [-0.3, -0.25) is 9.79 Å². The number of Topliss-reactive ketones (excluding diaryl/α,β-unsaturated/α-hetero) is 1. The summed E-state index contributed by atoms with van der Waals surface area (Å²) in [6.07, 6.45) is 2.02. The zero-order valence-corrected chi connectivity index (χ0v) is 18.0. The number of hydrogen-bond donors (Lipinski definition) is 0. The molecule has 0 saturated carbocycles. The molecule has 2 unspecified atom stereocenters. The van der Waals surface area contributed by atoms with Gasteiger partial charge < -0.3 is 4.90 Å². The molecule has 0 N–H and O–H groups in total. The van der Waals surface area contributed by atoms with Gasteiger partial charge in [-0.2, -0.15) is 0 Å². The van der Waals surface area contributed by atoms with E-state index in [9.17, 15) is 13.2 Å². The number of aryl methyl sites for hydroxylation is 1. The third-order valence-corrected chi connectivity index (χ3v) is 8.07. The number of amidine groups is 1. The van der Waals surface area contributed by atoms with Crippen molar-refractivity contribution >= 4 is 38.2 Å². The second-order valence-electron chi connectivity index (χ2n) is 7.54. The second-order valence-corrected chi connectivity index (χ2v) is 10.8. The van der Waals surface area contributed by atoms with Crippen LogP contribution in [0.3, 0.4) is 0 Å². The van der Waals surface area contributed by atoms with Crippen molar-refractivity contribution < 1.29 is 13.2 Å². The van der Waals surface area contributed by atoms with E-state index in [0.717, 1.165) is 29.4 Å². The Bertz CT molecular complexity index is 1040. The molecule has 2 atom stereocenters. The molecule has 7 heteroatoms. The smallest absolute Gasteiger partial charge is 0.164 e. The summed E-state index contributed by atoms with van der Waals surface area (Å²) in [7, 11) is -3.08. The van der Waals surface area contributed by atoms with E-state index in [2.05, 4.69) is 24.3 Å². The summed E-state index contributed by atoms with van der Waals surface area (Å²) in [5.74, 6) is 1.12. The van der Waals surface area contributed by atoms with Crippen molar-refractivity contribution in [2.45, 2.75) is 31.8 Å². The normalized spacial score (nSPS) is 22.4. The van der Waals surface area contributed by atoms with Gasteiger partial charge in [-0.05, 0) is 37.5 Å². The summed E-state index contributed by atoms with van der Waals surface area (Å²) in [5, 5.41) is 0.865. The maximum absolute atomic E-state index is 12.2. The first kappa shape index (κ1) is 20.2. The van der Waals surface area contributed by atoms with Crippen molar-refractivity contribution in [1.29, 1.82) is 0 Å². The molecule has 0 amide bonds. The number of carbonyl (C=O) groups excluding carboxylic acids is 1. The second kappa shape index (κ2) is 8.32. The van der Waals surface area contributed by atoms with E-state index in [1.165, 1.54) is 5.56 Å². The molecule has 0 aliphatic carbocycles. The lowest BCUT2D eigenvalue weighted by Gasteiger charge is -2.26. The lowest BCUT2D eigenvalue weighted by molar-refractivity contribution is 0.101. The molecule has 0 spiro atoms. The van der Waals surface area contributed by atoms with E-state index in [4.69, 9.17) is 4.99 Å². The highest BCUT2D eigenvalue weighted by Gasteiger charge is 2.47. The largest absolute Gasteiger partial charge is 0.315 e. The highest BCUT2D eigenvalue weighted by Crippen LogP contribution is 2.35. The molecule has 0 bridgehead atoms. The Morgan fingerprint density at radius 2 is 1.93 bits per heavy atom. The summed E-state index contributed by atoms with van der Waals surface area (Å²) in [5.41, 5.74) is 2.78. The maximum atomic E-state index is 12.2. The molecule has 1 saturated heterocycles. The topological polar surface area (TPSA) is 66.8 Å². The molecule has 5 nitrogen and oxygen atoms in total. The van der Waals surface area contributed by atoms with Crippen molar-refractivity contribution in [3.63, 3.8) is 0 Å². The molecular formula is C22H24N2O3S2. The summed E-state index contributed by atoms with van der Waals surface area (Å²) in [6.45, 7) is 1.54. The summed E-state index contributed by atoms with van der Waals surface area (Å²) in [4.78, 5) is 18.6. The van der Waals surface area contributed by atoms with Crippen molar-refractivity contribution in [1.82, 2.24) is 0 Å². The van der Waals surface area contributed by atoms with Crippen LogP contribution in [0.1, 0.15) is 29.3 Å². The van der Waals surface area contributed by atoms with Gasteiger partial charge in [0.25, 0.3) is 0 Å². The Kier molecular flexibility index (Phi) is 5.79. The maximum Gasteiger partial charge on any atom is 0.164 e. The lowest BCUT2D eigenvalue weighted by atomic mass is 10.1. The quantitative estimate of drug-likeness (QED) is 0.520. The average molecular weight is 429 g/mol. The molecule has 2 aromatic carbocycles. The number of aliphatic imine (C=N–C) groups is 1. The van der Waals surface area contributed by atoms with Gasteiger partial charge in [0.1, 0.15) is 0 Å². The lowest BCUT2D eigenvalue weighted by Crippen LogP contribution is -2.39. The molecule has 0 radical (unpaired) electrons. The Morgan fingerprint density at radius 3 is 2.69 bits per heavy atom. The first-order chi connectivity index (χ1) is 13.9. The fourth-order valence-electron chi connectivity index (χ4n) is 3.89. The van der Waals surface area contributed by atoms with E-state index < -0.39 is 9.84 Å². The number of rotatable bonds is 6. The molecule has 2 aliphatic rings. The van der Waals surface area contributed by atoms with Gasteiger partial charge in [-0.15, -0.1) is 0 Å². The van der Waals surface area contributed by atoms with Gasteiger partial charge in [-0.1, -0.05) is 54.2 Å². The molecule has 1 fully saturated rings. The van der Waals surface area contributed by atoms with Crippen molar-refractivity contribution in [3.8, 4) is 0 Å². The predicted octanol–water partition coefficient (Wildman–Crippen LogP) is 3.60. The highest BCUT2D eigenvalue weighted by molar-refractivity contribution is 8.14. The van der Waals surface area contributed by atoms with Gasteiger partial charge in [0.15, 0.2) is 20.8 Å². The zero-order valence-electron chi connectivity index (χ0n) is 16.3. The van der Waals surface area contributed by atoms with Crippen molar-refractivity contribution in [2.24, 2.45) is 4.99 Å². The van der Waals surface area contributed by atoms with Crippen LogP contribution in [0.15, 0.2) is 59.6 Å². The minimum absolute atomic E-state index is 0.00403. The summed E-state index contributed by atoms with van der Waals surface area (Å²) >= 11 is 1.67. The molecule has 0 aromatic heterocycles. The Hall–Kier alpha value is -2.12. The monoisotopic (exact) mass is 428 g/mol. The van der Waals surface area contributed by atoms with Crippen LogP contribution >= 0.6 is 11.8 Å². The van der Waals surface area contributed by atoms with E-state index in [0.29, 0.717) is 5.56 Å². The van der Waals surface area contributed by atoms with Gasteiger partial charge in [0.05, 0.1) is 23.6 Å². The molecule has 2 heterocycles. The Labute approximate surface area is 176 Å². The minimum Gasteiger partial charge on any atom is -0.315 e. The predicted molar refractivity (Wildman–Crippen MR) is 120 cm³/mol. The molecule has 2 aromatic rings. The van der Waals surface area contributed by atoms with Gasteiger partial charge in [0.2, 0.25) is 0 Å². The van der Waals surface area contributed by atoms with Crippen LogP contribution in [0, 0.1) is 0 Å². The van der Waals surface area contributed by atoms with Gasteiger partial charge in [0, 0.05) is 17.0 Å². The zero-order chi connectivity index (χ0) is 20.4. The van der Waals surface area contributed by atoms with E-state index in [-0.39, 0.29) is 29.4 Å². The third kappa shape index (κ3) is 4.56. The molecule has 29 heavy (non-hydrogen) atoms. The van der Waals surface area contributed by atoms with Crippen LogP contribution in [0.4, 0.5) is 5.69 Å². The van der Waals surface area contributed by atoms with Crippen LogP contribution in [0.25, 0.3) is 0 Å². The first-order valence-electron chi connectivity index (χ1n) is 9.78. The van der Waals surface area contributed by atoms with Crippen LogP contribution in [0.2, 0.25) is 0 Å². The van der Waals surface area contributed by atoms with E-state index in [1.54, 1.807) is 24.8 Å². The fourth-order valence-corrected chi connectivity index (χ4v) is 6.80. The highest BCUT2D eigenvalue weighted by atomic mass is 32.2. The molecule has 2 aliphatic heterocycles.